The fraction of sp³-hybridized carbons (Fsp3) is 0.889. The molecule has 21 heavy (non-hydrogen) atoms. The van der Waals surface area contributed by atoms with Gasteiger partial charge in [-0.1, -0.05) is 38.8 Å². The van der Waals surface area contributed by atoms with Crippen molar-refractivity contribution in [1.29, 1.82) is 0 Å². The summed E-state index contributed by atoms with van der Waals surface area (Å²) in [6, 6.07) is 0.580. The highest BCUT2D eigenvalue weighted by Crippen LogP contribution is 2.25. The number of allylic oxidation sites excluding steroid dienone is 2. The van der Waals surface area contributed by atoms with Crippen LogP contribution in [0.5, 0.6) is 0 Å². The van der Waals surface area contributed by atoms with E-state index in [4.69, 9.17) is 4.74 Å². The number of aliphatic hydroxyl groups excluding tert-OH is 1. The zero-order chi connectivity index (χ0) is 15.1. The molecule has 0 aromatic carbocycles. The smallest absolute Gasteiger partial charge is 0.0897 e. The van der Waals surface area contributed by atoms with Crippen molar-refractivity contribution in [2.24, 2.45) is 17.8 Å². The lowest BCUT2D eigenvalue weighted by Crippen LogP contribution is -2.42. The van der Waals surface area contributed by atoms with Crippen LogP contribution in [0.25, 0.3) is 0 Å². The lowest BCUT2D eigenvalue weighted by Gasteiger charge is -2.30. The number of ether oxygens (including phenoxy) is 1. The van der Waals surface area contributed by atoms with Crippen molar-refractivity contribution in [2.45, 2.75) is 64.5 Å². The van der Waals surface area contributed by atoms with Gasteiger partial charge in [-0.15, -0.1) is 0 Å². The van der Waals surface area contributed by atoms with Crippen molar-refractivity contribution in [3.05, 3.63) is 12.2 Å². The van der Waals surface area contributed by atoms with Crippen molar-refractivity contribution >= 4 is 0 Å². The van der Waals surface area contributed by atoms with Crippen LogP contribution in [-0.2, 0) is 4.74 Å². The fourth-order valence-electron chi connectivity index (χ4n) is 3.56. The summed E-state index contributed by atoms with van der Waals surface area (Å²) in [7, 11) is 0. The second-order valence-electron chi connectivity index (χ2n) is 7.15. The van der Waals surface area contributed by atoms with E-state index in [-0.39, 0.29) is 6.10 Å². The molecule has 1 saturated carbocycles. The van der Waals surface area contributed by atoms with Gasteiger partial charge in [0, 0.05) is 12.6 Å². The number of hydrogen-bond acceptors (Lipinski definition) is 3. The third-order valence-electron chi connectivity index (χ3n) is 5.29. The number of nitrogens with one attached hydrogen (secondary N) is 1. The van der Waals surface area contributed by atoms with Gasteiger partial charge in [0.1, 0.15) is 0 Å². The van der Waals surface area contributed by atoms with Crippen LogP contribution in [0.15, 0.2) is 12.2 Å². The molecule has 0 aromatic rings. The Labute approximate surface area is 130 Å². The van der Waals surface area contributed by atoms with E-state index in [1.807, 2.05) is 0 Å². The molecule has 0 bridgehead atoms. The Morgan fingerprint density at radius 1 is 1.14 bits per heavy atom. The highest BCUT2D eigenvalue weighted by atomic mass is 16.5. The minimum atomic E-state index is -0.381. The van der Waals surface area contributed by atoms with Crippen LogP contribution in [0.2, 0.25) is 0 Å². The predicted molar refractivity (Wildman–Crippen MR) is 87.3 cm³/mol. The third kappa shape index (κ3) is 5.72. The molecule has 2 N–H and O–H groups in total. The molecule has 5 atom stereocenters. The minimum absolute atomic E-state index is 0.381. The van der Waals surface area contributed by atoms with Gasteiger partial charge in [-0.2, -0.15) is 0 Å². The van der Waals surface area contributed by atoms with Crippen LogP contribution in [0, 0.1) is 17.8 Å². The van der Waals surface area contributed by atoms with Crippen LogP contribution in [0.3, 0.4) is 0 Å². The predicted octanol–water partition coefficient (Wildman–Crippen LogP) is 3.13. The van der Waals surface area contributed by atoms with E-state index in [1.54, 1.807) is 0 Å². The molecule has 0 aliphatic heterocycles. The molecule has 0 radical (unpaired) electrons. The second kappa shape index (κ2) is 8.92. The quantitative estimate of drug-likeness (QED) is 0.709. The van der Waals surface area contributed by atoms with Crippen molar-refractivity contribution < 1.29 is 9.84 Å². The molecule has 3 nitrogen and oxygen atoms in total. The summed E-state index contributed by atoms with van der Waals surface area (Å²) >= 11 is 0. The minimum Gasteiger partial charge on any atom is -0.389 e. The van der Waals surface area contributed by atoms with E-state index >= 15 is 0 Å². The van der Waals surface area contributed by atoms with Crippen LogP contribution in [0.1, 0.15) is 52.4 Å². The Morgan fingerprint density at radius 2 is 1.90 bits per heavy atom. The van der Waals surface area contributed by atoms with Gasteiger partial charge in [0.25, 0.3) is 0 Å². The molecular weight excluding hydrogens is 262 g/mol. The van der Waals surface area contributed by atoms with E-state index < -0.39 is 0 Å². The molecule has 2 aliphatic carbocycles. The first-order valence-electron chi connectivity index (χ1n) is 8.81. The molecule has 5 unspecified atom stereocenters. The molecule has 122 valence electrons. The molecule has 0 aromatic heterocycles. The van der Waals surface area contributed by atoms with E-state index in [2.05, 4.69) is 31.3 Å². The van der Waals surface area contributed by atoms with E-state index in [1.165, 1.54) is 25.7 Å². The fourth-order valence-corrected chi connectivity index (χ4v) is 3.56. The summed E-state index contributed by atoms with van der Waals surface area (Å²) < 4.78 is 5.75. The second-order valence-corrected chi connectivity index (χ2v) is 7.15. The molecule has 0 heterocycles. The lowest BCUT2D eigenvalue weighted by molar-refractivity contribution is 0.0107. The van der Waals surface area contributed by atoms with Gasteiger partial charge < -0.3 is 15.2 Å². The summed E-state index contributed by atoms with van der Waals surface area (Å²) in [4.78, 5) is 0. The largest absolute Gasteiger partial charge is 0.389 e. The molecule has 3 heteroatoms. The highest BCUT2D eigenvalue weighted by molar-refractivity contribution is 4.93. The van der Waals surface area contributed by atoms with E-state index in [9.17, 15) is 5.11 Å². The molecule has 1 fully saturated rings. The van der Waals surface area contributed by atoms with Gasteiger partial charge in [-0.3, -0.25) is 0 Å². The number of hydrogen-bond donors (Lipinski definition) is 2. The molecule has 0 saturated heterocycles. The Hall–Kier alpha value is -0.380. The summed E-state index contributed by atoms with van der Waals surface area (Å²) in [5.41, 5.74) is 0. The topological polar surface area (TPSA) is 41.5 Å². The summed E-state index contributed by atoms with van der Waals surface area (Å²) in [5, 5.41) is 13.6. The Bertz CT molecular complexity index is 318. The summed E-state index contributed by atoms with van der Waals surface area (Å²) in [6.07, 6.45) is 11.7. The first-order valence-corrected chi connectivity index (χ1v) is 8.81. The first kappa shape index (κ1) is 17.0. The van der Waals surface area contributed by atoms with Gasteiger partial charge in [-0.25, -0.2) is 0 Å². The summed E-state index contributed by atoms with van der Waals surface area (Å²) in [6.45, 7) is 6.51. The van der Waals surface area contributed by atoms with Gasteiger partial charge >= 0.3 is 0 Å². The van der Waals surface area contributed by atoms with Crippen molar-refractivity contribution in [3.8, 4) is 0 Å². The van der Waals surface area contributed by atoms with Crippen molar-refractivity contribution in [1.82, 2.24) is 5.32 Å². The normalized spacial score (nSPS) is 34.8. The summed E-state index contributed by atoms with van der Waals surface area (Å²) in [5.74, 6) is 2.06. The standard InChI is InChI=1S/C18H33NO2/c1-14-7-3-5-9-16(14)12-21-13-17(20)11-19-18-10-6-4-8-15(18)2/h3,5,14-20H,4,6-13H2,1-2H3. The highest BCUT2D eigenvalue weighted by Gasteiger charge is 2.22. The molecular formula is C18H33NO2. The van der Waals surface area contributed by atoms with Gasteiger partial charge in [0.2, 0.25) is 0 Å². The number of rotatable bonds is 7. The first-order chi connectivity index (χ1) is 10.2. The van der Waals surface area contributed by atoms with Crippen molar-refractivity contribution in [2.75, 3.05) is 19.8 Å². The Balaban J connectivity index is 1.57. The Morgan fingerprint density at radius 3 is 2.67 bits per heavy atom. The van der Waals surface area contributed by atoms with E-state index in [0.717, 1.165) is 25.4 Å². The molecule has 2 aliphatic rings. The number of aliphatic hydroxyl groups is 1. The maximum absolute atomic E-state index is 10.1. The zero-order valence-electron chi connectivity index (χ0n) is 13.8. The lowest BCUT2D eigenvalue weighted by atomic mass is 9.85. The van der Waals surface area contributed by atoms with Gasteiger partial charge in [0.05, 0.1) is 19.3 Å². The van der Waals surface area contributed by atoms with Gasteiger partial charge in [0.15, 0.2) is 0 Å². The molecule has 0 amide bonds. The third-order valence-corrected chi connectivity index (χ3v) is 5.29. The zero-order valence-corrected chi connectivity index (χ0v) is 13.8. The maximum Gasteiger partial charge on any atom is 0.0897 e. The van der Waals surface area contributed by atoms with Crippen LogP contribution >= 0.6 is 0 Å². The maximum atomic E-state index is 10.1. The van der Waals surface area contributed by atoms with Crippen LogP contribution < -0.4 is 5.32 Å². The average molecular weight is 295 g/mol. The average Bonchev–Trinajstić information content (AvgIpc) is 2.48. The van der Waals surface area contributed by atoms with Crippen LogP contribution in [0.4, 0.5) is 0 Å². The molecule has 2 rings (SSSR count). The SMILES string of the molecule is CC1CC=CCC1COCC(O)CNC1CCCCC1C. The van der Waals surface area contributed by atoms with E-state index in [0.29, 0.717) is 31.0 Å². The monoisotopic (exact) mass is 295 g/mol. The van der Waals surface area contributed by atoms with Crippen molar-refractivity contribution in [3.63, 3.8) is 0 Å². The Kier molecular flexibility index (Phi) is 7.21. The molecule has 0 spiro atoms. The van der Waals surface area contributed by atoms with Crippen LogP contribution in [-0.4, -0.2) is 37.0 Å². The van der Waals surface area contributed by atoms with Gasteiger partial charge in [-0.05, 0) is 43.4 Å².